The minimum absolute atomic E-state index is 0.128. The van der Waals surface area contributed by atoms with Gasteiger partial charge in [0.2, 0.25) is 0 Å². The van der Waals surface area contributed by atoms with Crippen molar-refractivity contribution in [3.8, 4) is 11.5 Å². The predicted molar refractivity (Wildman–Crippen MR) is 91.7 cm³/mol. The number of fused-ring (bicyclic) bond motifs is 1. The van der Waals surface area contributed by atoms with Crippen LogP contribution in [0.5, 0.6) is 11.5 Å². The Morgan fingerprint density at radius 1 is 1.05 bits per heavy atom. The van der Waals surface area contributed by atoms with Crippen LogP contribution in [-0.2, 0) is 0 Å². The summed E-state index contributed by atoms with van der Waals surface area (Å²) in [4.78, 5) is 3.86. The molecule has 0 radical (unpaired) electrons. The molecule has 3 nitrogen and oxygen atoms in total. The van der Waals surface area contributed by atoms with Gasteiger partial charge in [0.1, 0.15) is 8.24 Å². The van der Waals surface area contributed by atoms with E-state index in [1.165, 1.54) is 11.1 Å². The topological polar surface area (TPSA) is 30.5 Å². The summed E-state index contributed by atoms with van der Waals surface area (Å²) in [5.74, 6) is 1.61. The van der Waals surface area contributed by atoms with Crippen molar-refractivity contribution in [3.63, 3.8) is 0 Å². The molecule has 0 saturated carbocycles. The summed E-state index contributed by atoms with van der Waals surface area (Å²) in [7, 11) is 1.72. The van der Waals surface area contributed by atoms with Crippen LogP contribution in [0.15, 0.2) is 18.2 Å². The molecule has 1 aromatic carbocycles. The molecule has 2 rings (SSSR count). The van der Waals surface area contributed by atoms with Crippen LogP contribution >= 0.6 is 0 Å². The maximum absolute atomic E-state index is 5.47. The highest BCUT2D eigenvalue weighted by molar-refractivity contribution is 6.77. The Morgan fingerprint density at radius 3 is 2.14 bits per heavy atom. The van der Waals surface area contributed by atoms with Gasteiger partial charge in [-0.25, -0.2) is 0 Å². The first-order valence-electron chi connectivity index (χ1n) is 7.41. The minimum atomic E-state index is -1.65. The summed E-state index contributed by atoms with van der Waals surface area (Å²) in [5, 5.41) is 0. The molecule has 1 aliphatic rings. The van der Waals surface area contributed by atoms with Gasteiger partial charge in [0.25, 0.3) is 0 Å². The normalized spacial score (nSPS) is 17.8. The molecular formula is C17H27NO2Si. The average Bonchev–Trinajstić information content (AvgIpc) is 2.77. The fraction of sp³-hybridized carbons (Fsp3) is 0.529. The van der Waals surface area contributed by atoms with Gasteiger partial charge in [0.05, 0.1) is 14.2 Å². The van der Waals surface area contributed by atoms with Crippen LogP contribution in [-0.4, -0.2) is 28.0 Å². The summed E-state index contributed by atoms with van der Waals surface area (Å²) < 4.78 is 10.9. The zero-order chi connectivity index (χ0) is 15.8. The number of ether oxygens (including phenoxy) is 2. The Kier molecular flexibility index (Phi) is 4.22. The van der Waals surface area contributed by atoms with E-state index in [2.05, 4.69) is 63.1 Å². The summed E-state index contributed by atoms with van der Waals surface area (Å²) in [6.45, 7) is 11.5. The molecule has 0 heterocycles. The molecule has 0 aliphatic heterocycles. The molecule has 1 atom stereocenters. The highest BCUT2D eigenvalue weighted by atomic mass is 28.3. The summed E-state index contributed by atoms with van der Waals surface area (Å²) in [6.07, 6.45) is 4.54. The van der Waals surface area contributed by atoms with E-state index >= 15 is 0 Å². The van der Waals surface area contributed by atoms with Crippen LogP contribution in [0.4, 0.5) is 0 Å². The lowest BCUT2D eigenvalue weighted by Gasteiger charge is -2.37. The van der Waals surface area contributed by atoms with Crippen molar-refractivity contribution in [1.82, 2.24) is 4.98 Å². The summed E-state index contributed by atoms with van der Waals surface area (Å²) in [5.41, 5.74) is 3.17. The molecular weight excluding hydrogens is 278 g/mol. The molecule has 1 N–H and O–H groups in total. The molecule has 1 aliphatic carbocycles. The molecule has 21 heavy (non-hydrogen) atoms. The smallest absolute Gasteiger partial charge is 0.161 e. The van der Waals surface area contributed by atoms with Crippen LogP contribution in [0.2, 0.25) is 13.1 Å². The lowest BCUT2D eigenvalue weighted by molar-refractivity contribution is 0.354. The highest BCUT2D eigenvalue weighted by Gasteiger charge is 2.38. The Balaban J connectivity index is 2.40. The van der Waals surface area contributed by atoms with Gasteiger partial charge in [0.15, 0.2) is 11.5 Å². The third-order valence-electron chi connectivity index (χ3n) is 3.87. The van der Waals surface area contributed by atoms with E-state index in [-0.39, 0.29) is 5.54 Å². The number of hydrogen-bond acceptors (Lipinski definition) is 3. The summed E-state index contributed by atoms with van der Waals surface area (Å²) >= 11 is 0. The second kappa shape index (κ2) is 5.50. The molecule has 0 bridgehead atoms. The van der Waals surface area contributed by atoms with Gasteiger partial charge in [-0.05, 0) is 44.0 Å². The maximum Gasteiger partial charge on any atom is 0.161 e. The standard InChI is InChI=1S/C17H27NO2Si/c1-17(2,3)18-21(6,7)16-9-8-12-10-14(19-4)15(20-5)11-13(12)16/h8-11,16,18H,1-7H3. The van der Waals surface area contributed by atoms with E-state index in [0.29, 0.717) is 5.54 Å². The second-order valence-corrected chi connectivity index (χ2v) is 11.6. The zero-order valence-electron chi connectivity index (χ0n) is 14.2. The number of hydrogen-bond donors (Lipinski definition) is 1. The SMILES string of the molecule is COc1cc2c(cc1OC)C([Si](C)(C)NC(C)(C)C)C=C2. The van der Waals surface area contributed by atoms with Crippen LogP contribution in [0.1, 0.15) is 37.4 Å². The van der Waals surface area contributed by atoms with Gasteiger partial charge in [0, 0.05) is 11.1 Å². The average molecular weight is 305 g/mol. The van der Waals surface area contributed by atoms with E-state index in [1.807, 2.05) is 0 Å². The van der Waals surface area contributed by atoms with Crippen LogP contribution in [0.3, 0.4) is 0 Å². The maximum atomic E-state index is 5.47. The Bertz CT molecular complexity index is 559. The molecule has 1 unspecified atom stereocenters. The van der Waals surface area contributed by atoms with Gasteiger partial charge in [-0.1, -0.05) is 25.2 Å². The monoisotopic (exact) mass is 305 g/mol. The molecule has 0 fully saturated rings. The van der Waals surface area contributed by atoms with Crippen molar-refractivity contribution in [2.24, 2.45) is 0 Å². The van der Waals surface area contributed by atoms with Crippen LogP contribution < -0.4 is 14.5 Å². The van der Waals surface area contributed by atoms with Crippen molar-refractivity contribution in [3.05, 3.63) is 29.3 Å². The van der Waals surface area contributed by atoms with Crippen molar-refractivity contribution < 1.29 is 9.47 Å². The minimum Gasteiger partial charge on any atom is -0.493 e. The molecule has 4 heteroatoms. The van der Waals surface area contributed by atoms with Gasteiger partial charge in [-0.3, -0.25) is 0 Å². The van der Waals surface area contributed by atoms with Crippen LogP contribution in [0, 0.1) is 0 Å². The van der Waals surface area contributed by atoms with Gasteiger partial charge in [-0.15, -0.1) is 0 Å². The lowest BCUT2D eigenvalue weighted by atomic mass is 10.1. The van der Waals surface area contributed by atoms with Crippen molar-refractivity contribution in [1.29, 1.82) is 0 Å². The van der Waals surface area contributed by atoms with E-state index in [4.69, 9.17) is 9.47 Å². The van der Waals surface area contributed by atoms with Crippen molar-refractivity contribution >= 4 is 14.3 Å². The third-order valence-corrected chi connectivity index (χ3v) is 7.32. The van der Waals surface area contributed by atoms with Gasteiger partial charge in [-0.2, -0.15) is 0 Å². The Morgan fingerprint density at radius 2 is 1.62 bits per heavy atom. The van der Waals surface area contributed by atoms with Gasteiger partial charge >= 0.3 is 0 Å². The summed E-state index contributed by atoms with van der Waals surface area (Å²) in [6, 6.07) is 4.21. The highest BCUT2D eigenvalue weighted by Crippen LogP contribution is 2.42. The fourth-order valence-electron chi connectivity index (χ4n) is 3.30. The van der Waals surface area contributed by atoms with Gasteiger partial charge < -0.3 is 14.5 Å². The third kappa shape index (κ3) is 3.32. The quantitative estimate of drug-likeness (QED) is 0.855. The zero-order valence-corrected chi connectivity index (χ0v) is 15.2. The van der Waals surface area contributed by atoms with E-state index in [9.17, 15) is 0 Å². The lowest BCUT2D eigenvalue weighted by Crippen LogP contribution is -2.57. The van der Waals surface area contributed by atoms with E-state index in [1.54, 1.807) is 14.2 Å². The number of allylic oxidation sites excluding steroid dienone is 1. The second-order valence-electron chi connectivity index (χ2n) is 7.27. The van der Waals surface area contributed by atoms with E-state index < -0.39 is 8.24 Å². The molecule has 0 saturated heterocycles. The first kappa shape index (κ1) is 16.1. The number of methoxy groups -OCH3 is 2. The Labute approximate surface area is 129 Å². The largest absolute Gasteiger partial charge is 0.493 e. The first-order chi connectivity index (χ1) is 9.68. The molecule has 0 aromatic heterocycles. The van der Waals surface area contributed by atoms with E-state index in [0.717, 1.165) is 11.5 Å². The molecule has 0 spiro atoms. The van der Waals surface area contributed by atoms with Crippen molar-refractivity contribution in [2.45, 2.75) is 44.9 Å². The number of rotatable bonds is 4. The Hall–Kier alpha value is -1.26. The fourth-order valence-corrected chi connectivity index (χ4v) is 6.99. The number of nitrogens with one attached hydrogen (secondary N) is 1. The van der Waals surface area contributed by atoms with Crippen LogP contribution in [0.25, 0.3) is 6.08 Å². The first-order valence-corrected chi connectivity index (χ1v) is 10.5. The van der Waals surface area contributed by atoms with Crippen molar-refractivity contribution in [2.75, 3.05) is 14.2 Å². The predicted octanol–water partition coefficient (Wildman–Crippen LogP) is 3.95. The molecule has 1 aromatic rings. The molecule has 116 valence electrons. The molecule has 0 amide bonds. The number of benzene rings is 1.